The second-order valence-electron chi connectivity index (χ2n) is 6.85. The lowest BCUT2D eigenvalue weighted by Gasteiger charge is -2.05. The molecule has 0 aliphatic heterocycles. The lowest BCUT2D eigenvalue weighted by Crippen LogP contribution is -2.27. The van der Waals surface area contributed by atoms with Crippen LogP contribution in [-0.4, -0.2) is 20.4 Å². The molecular formula is C23H16N4O2S2. The number of carbonyl (C=O) groups is 1. The van der Waals surface area contributed by atoms with Crippen LogP contribution in [0.4, 0.5) is 5.13 Å². The highest BCUT2D eigenvalue weighted by Crippen LogP contribution is 2.27. The van der Waals surface area contributed by atoms with E-state index in [4.69, 9.17) is 0 Å². The summed E-state index contributed by atoms with van der Waals surface area (Å²) in [7, 11) is 0. The van der Waals surface area contributed by atoms with Gasteiger partial charge in [0.15, 0.2) is 5.13 Å². The van der Waals surface area contributed by atoms with Crippen molar-refractivity contribution >= 4 is 43.9 Å². The fourth-order valence-corrected chi connectivity index (χ4v) is 4.71. The van der Waals surface area contributed by atoms with E-state index in [2.05, 4.69) is 39.6 Å². The monoisotopic (exact) mass is 444 g/mol. The number of anilines is 1. The molecule has 3 heterocycles. The summed E-state index contributed by atoms with van der Waals surface area (Å²) in [4.78, 5) is 34.3. The summed E-state index contributed by atoms with van der Waals surface area (Å²) in [5, 5.41) is 7.50. The Balaban J connectivity index is 1.28. The van der Waals surface area contributed by atoms with E-state index in [0.717, 1.165) is 22.4 Å². The van der Waals surface area contributed by atoms with Gasteiger partial charge in [-0.2, -0.15) is 0 Å². The standard InChI is InChI=1S/C23H16N4O2S2/c28-20(12-27-14-24-21-18(22(27)29)10-11-30-21)26-23-25-19(13-31-23)17-8-6-16(7-9-17)15-4-2-1-3-5-15/h1-11,13-14H,12H2,(H,25,26,28). The van der Waals surface area contributed by atoms with E-state index in [1.807, 2.05) is 41.1 Å². The van der Waals surface area contributed by atoms with Crippen LogP contribution >= 0.6 is 22.7 Å². The molecule has 152 valence electrons. The molecule has 0 fully saturated rings. The number of benzene rings is 2. The van der Waals surface area contributed by atoms with Crippen LogP contribution in [0.15, 0.2) is 82.5 Å². The molecule has 1 amide bonds. The van der Waals surface area contributed by atoms with Gasteiger partial charge >= 0.3 is 0 Å². The highest BCUT2D eigenvalue weighted by atomic mass is 32.1. The minimum Gasteiger partial charge on any atom is -0.300 e. The first-order valence-electron chi connectivity index (χ1n) is 9.51. The van der Waals surface area contributed by atoms with Gasteiger partial charge in [-0.3, -0.25) is 14.2 Å². The lowest BCUT2D eigenvalue weighted by atomic mass is 10.0. The smallest absolute Gasteiger partial charge is 0.262 e. The summed E-state index contributed by atoms with van der Waals surface area (Å²) in [6.07, 6.45) is 1.41. The second kappa shape index (κ2) is 8.25. The molecule has 5 rings (SSSR count). The van der Waals surface area contributed by atoms with E-state index in [9.17, 15) is 9.59 Å². The first-order chi connectivity index (χ1) is 15.2. The van der Waals surface area contributed by atoms with E-state index in [1.165, 1.54) is 33.6 Å². The van der Waals surface area contributed by atoms with Crippen molar-refractivity contribution in [3.8, 4) is 22.4 Å². The summed E-state index contributed by atoms with van der Waals surface area (Å²) in [6, 6.07) is 20.0. The molecule has 3 aromatic heterocycles. The molecule has 0 bridgehead atoms. The minimum atomic E-state index is -0.321. The van der Waals surface area contributed by atoms with E-state index < -0.39 is 0 Å². The number of nitrogens with zero attached hydrogens (tertiary/aromatic N) is 3. The number of hydrogen-bond acceptors (Lipinski definition) is 6. The molecule has 0 saturated heterocycles. The van der Waals surface area contributed by atoms with Crippen molar-refractivity contribution in [2.75, 3.05) is 5.32 Å². The van der Waals surface area contributed by atoms with E-state index in [1.54, 1.807) is 6.07 Å². The Labute approximate surface area is 185 Å². The molecule has 0 aliphatic carbocycles. The van der Waals surface area contributed by atoms with E-state index in [-0.39, 0.29) is 18.0 Å². The second-order valence-corrected chi connectivity index (χ2v) is 8.60. The number of fused-ring (bicyclic) bond motifs is 1. The molecule has 1 N–H and O–H groups in total. The van der Waals surface area contributed by atoms with Gasteiger partial charge in [-0.15, -0.1) is 22.7 Å². The average Bonchev–Trinajstić information content (AvgIpc) is 3.46. The van der Waals surface area contributed by atoms with Gasteiger partial charge in [0.25, 0.3) is 5.56 Å². The highest BCUT2D eigenvalue weighted by molar-refractivity contribution is 7.16. The Morgan fingerprint density at radius 2 is 1.68 bits per heavy atom. The van der Waals surface area contributed by atoms with Crippen molar-refractivity contribution in [2.45, 2.75) is 6.54 Å². The molecule has 0 radical (unpaired) electrons. The molecule has 0 spiro atoms. The fraction of sp³-hybridized carbons (Fsp3) is 0.0435. The van der Waals surface area contributed by atoms with Crippen LogP contribution < -0.4 is 10.9 Å². The van der Waals surface area contributed by atoms with Crippen LogP contribution in [0.25, 0.3) is 32.6 Å². The van der Waals surface area contributed by atoms with Crippen LogP contribution in [0.1, 0.15) is 0 Å². The first-order valence-corrected chi connectivity index (χ1v) is 11.3. The predicted molar refractivity (Wildman–Crippen MR) is 125 cm³/mol. The molecule has 0 saturated carbocycles. The van der Waals surface area contributed by atoms with Crippen molar-refractivity contribution in [2.24, 2.45) is 0 Å². The van der Waals surface area contributed by atoms with Gasteiger partial charge in [0.05, 0.1) is 17.4 Å². The number of rotatable bonds is 5. The topological polar surface area (TPSA) is 76.9 Å². The predicted octanol–water partition coefficient (Wildman–Crippen LogP) is 4.89. The Kier molecular flexibility index (Phi) is 5.15. The maximum Gasteiger partial charge on any atom is 0.262 e. The van der Waals surface area contributed by atoms with Crippen molar-refractivity contribution < 1.29 is 4.79 Å². The Bertz CT molecular complexity index is 1420. The number of carbonyl (C=O) groups excluding carboxylic acids is 1. The van der Waals surface area contributed by atoms with Gasteiger partial charge in [0.2, 0.25) is 5.91 Å². The summed E-state index contributed by atoms with van der Waals surface area (Å²) in [5.41, 5.74) is 3.83. The minimum absolute atomic E-state index is 0.113. The van der Waals surface area contributed by atoms with Gasteiger partial charge in [-0.05, 0) is 22.6 Å². The van der Waals surface area contributed by atoms with Crippen LogP contribution in [0.5, 0.6) is 0 Å². The Morgan fingerprint density at radius 1 is 0.935 bits per heavy atom. The van der Waals surface area contributed by atoms with Crippen LogP contribution in [0.3, 0.4) is 0 Å². The third-order valence-electron chi connectivity index (χ3n) is 4.80. The Morgan fingerprint density at radius 3 is 2.48 bits per heavy atom. The average molecular weight is 445 g/mol. The number of aromatic nitrogens is 3. The van der Waals surface area contributed by atoms with Crippen molar-refractivity contribution in [1.82, 2.24) is 14.5 Å². The maximum absolute atomic E-state index is 12.4. The van der Waals surface area contributed by atoms with Gasteiger partial charge in [-0.25, -0.2) is 9.97 Å². The fourth-order valence-electron chi connectivity index (χ4n) is 3.25. The summed E-state index contributed by atoms with van der Waals surface area (Å²) < 4.78 is 1.31. The van der Waals surface area contributed by atoms with Crippen molar-refractivity contribution in [1.29, 1.82) is 0 Å². The summed E-state index contributed by atoms with van der Waals surface area (Å²) in [6.45, 7) is -0.113. The zero-order chi connectivity index (χ0) is 21.2. The lowest BCUT2D eigenvalue weighted by molar-refractivity contribution is -0.116. The number of thiophene rings is 1. The van der Waals surface area contributed by atoms with Gasteiger partial charge in [0.1, 0.15) is 11.4 Å². The summed E-state index contributed by atoms with van der Waals surface area (Å²) >= 11 is 2.75. The van der Waals surface area contributed by atoms with E-state index >= 15 is 0 Å². The number of amides is 1. The van der Waals surface area contributed by atoms with Crippen LogP contribution in [0.2, 0.25) is 0 Å². The zero-order valence-electron chi connectivity index (χ0n) is 16.2. The Hall–Kier alpha value is -3.62. The normalized spacial score (nSPS) is 11.0. The third kappa shape index (κ3) is 4.03. The molecule has 31 heavy (non-hydrogen) atoms. The molecule has 0 aliphatic rings. The molecule has 2 aromatic carbocycles. The molecular weight excluding hydrogens is 428 g/mol. The SMILES string of the molecule is O=C(Cn1cnc2sccc2c1=O)Nc1nc(-c2ccc(-c3ccccc3)cc2)cs1. The van der Waals surface area contributed by atoms with Crippen molar-refractivity contribution in [3.05, 3.63) is 88.1 Å². The van der Waals surface area contributed by atoms with Crippen LogP contribution in [0, 0.1) is 0 Å². The number of nitrogens with one attached hydrogen (secondary N) is 1. The highest BCUT2D eigenvalue weighted by Gasteiger charge is 2.12. The molecule has 8 heteroatoms. The quantitative estimate of drug-likeness (QED) is 0.419. The van der Waals surface area contributed by atoms with Gasteiger partial charge in [0, 0.05) is 10.9 Å². The molecule has 0 atom stereocenters. The first kappa shape index (κ1) is 19.3. The van der Waals surface area contributed by atoms with E-state index in [0.29, 0.717) is 15.3 Å². The molecule has 5 aromatic rings. The molecule has 6 nitrogen and oxygen atoms in total. The number of hydrogen-bond donors (Lipinski definition) is 1. The van der Waals surface area contributed by atoms with Gasteiger partial charge < -0.3 is 5.32 Å². The number of thiazole rings is 1. The van der Waals surface area contributed by atoms with Crippen molar-refractivity contribution in [3.63, 3.8) is 0 Å². The largest absolute Gasteiger partial charge is 0.300 e. The van der Waals surface area contributed by atoms with Gasteiger partial charge in [-0.1, -0.05) is 54.6 Å². The maximum atomic E-state index is 12.4. The zero-order valence-corrected chi connectivity index (χ0v) is 17.8. The van der Waals surface area contributed by atoms with Crippen LogP contribution in [-0.2, 0) is 11.3 Å². The third-order valence-corrected chi connectivity index (χ3v) is 6.38. The summed E-state index contributed by atoms with van der Waals surface area (Å²) in [5.74, 6) is -0.321. The molecule has 0 unspecified atom stereocenters.